The van der Waals surface area contributed by atoms with E-state index in [2.05, 4.69) is 178 Å². The molecule has 258 valence electrons. The van der Waals surface area contributed by atoms with Crippen LogP contribution in [-0.2, 0) is 18.4 Å². The van der Waals surface area contributed by atoms with Crippen molar-refractivity contribution in [3.8, 4) is 0 Å². The van der Waals surface area contributed by atoms with Gasteiger partial charge in [0.25, 0.3) is 0 Å². The van der Waals surface area contributed by atoms with E-state index < -0.39 is 0 Å². The maximum Gasteiger partial charge on any atom is 0.0542 e. The van der Waals surface area contributed by atoms with Gasteiger partial charge >= 0.3 is 0 Å². The molecule has 4 atom stereocenters. The van der Waals surface area contributed by atoms with Gasteiger partial charge in [-0.05, 0) is 95.5 Å². The van der Waals surface area contributed by atoms with Crippen LogP contribution in [0.5, 0.6) is 0 Å². The summed E-state index contributed by atoms with van der Waals surface area (Å²) in [7, 11) is 0. The Morgan fingerprint density at radius 3 is 2.39 bits per heavy atom. The van der Waals surface area contributed by atoms with Gasteiger partial charge in [-0.15, -0.1) is 6.58 Å². The highest BCUT2D eigenvalue weighted by atomic mass is 15.0. The normalized spacial score (nSPS) is 19.9. The quantitative estimate of drug-likeness (QED) is 0.0870. The highest BCUT2D eigenvalue weighted by Gasteiger charge is 2.46. The van der Waals surface area contributed by atoms with Gasteiger partial charge in [0.1, 0.15) is 0 Å². The molecule has 1 heterocycles. The van der Waals surface area contributed by atoms with E-state index in [-0.39, 0.29) is 11.3 Å². The Balaban J connectivity index is 1.56. The molecule has 1 aromatic heterocycles. The first kappa shape index (κ1) is 34.6. The third-order valence-corrected chi connectivity index (χ3v) is 11.7. The summed E-state index contributed by atoms with van der Waals surface area (Å²) < 4.78 is 2.72. The van der Waals surface area contributed by atoms with Crippen molar-refractivity contribution in [1.82, 2.24) is 4.57 Å². The van der Waals surface area contributed by atoms with E-state index in [4.69, 9.17) is 0 Å². The third-order valence-electron chi connectivity index (χ3n) is 11.7. The molecule has 4 unspecified atom stereocenters. The van der Waals surface area contributed by atoms with Gasteiger partial charge in [-0.25, -0.2) is 0 Å². The molecule has 0 saturated carbocycles. The van der Waals surface area contributed by atoms with E-state index >= 15 is 0 Å². The summed E-state index contributed by atoms with van der Waals surface area (Å²) >= 11 is 0. The van der Waals surface area contributed by atoms with Gasteiger partial charge in [0.2, 0.25) is 0 Å². The van der Waals surface area contributed by atoms with Crippen molar-refractivity contribution in [1.29, 1.82) is 0 Å². The van der Waals surface area contributed by atoms with Crippen LogP contribution in [-0.4, -0.2) is 4.57 Å². The van der Waals surface area contributed by atoms with Gasteiger partial charge in [0.05, 0.1) is 5.52 Å². The maximum absolute atomic E-state index is 4.02. The monoisotopic (exact) mass is 667 g/mol. The number of allylic oxidation sites excluding steroid dienone is 10. The topological polar surface area (TPSA) is 4.93 Å². The van der Waals surface area contributed by atoms with Crippen molar-refractivity contribution in [3.05, 3.63) is 185 Å². The highest BCUT2D eigenvalue weighted by molar-refractivity contribution is 6.14. The molecule has 2 aliphatic rings. The van der Waals surface area contributed by atoms with Crippen LogP contribution < -0.4 is 0 Å². The zero-order valence-corrected chi connectivity index (χ0v) is 31.0. The first-order valence-electron chi connectivity index (χ1n) is 19.2. The molecule has 0 spiro atoms. The molecule has 0 amide bonds. The lowest BCUT2D eigenvalue weighted by Gasteiger charge is -2.31. The zero-order valence-electron chi connectivity index (χ0n) is 31.0. The Bertz CT molecular complexity index is 2170. The fraction of sp³-hybridized carbons (Fsp3) is 0.280. The van der Waals surface area contributed by atoms with Gasteiger partial charge in [-0.2, -0.15) is 0 Å². The predicted molar refractivity (Wildman–Crippen MR) is 222 cm³/mol. The molecule has 1 nitrogen and oxygen atoms in total. The summed E-state index contributed by atoms with van der Waals surface area (Å²) in [5.74, 6) is 1.17. The highest BCUT2D eigenvalue weighted by Crippen LogP contribution is 2.58. The Hall–Kier alpha value is -4.88. The number of aromatic nitrogens is 1. The first-order valence-corrected chi connectivity index (χ1v) is 19.2. The van der Waals surface area contributed by atoms with Gasteiger partial charge in [-0.1, -0.05) is 166 Å². The lowest BCUT2D eigenvalue weighted by atomic mass is 9.73. The van der Waals surface area contributed by atoms with E-state index in [1.165, 1.54) is 60.8 Å². The SMILES string of the molecule is C=CC/C=C(\C/C=C/C1(c2ccccc2)CC(/C=C\C=C/C)c2c1c1c(c3c(n1CC(C)c1ccccc1)C=CC3)c1ccccc21)C(C)CC. The number of nitrogens with zero attached hydrogens (tertiary/aromatic N) is 1. The van der Waals surface area contributed by atoms with Crippen LogP contribution in [0, 0.1) is 5.92 Å². The molecule has 7 rings (SSSR count). The van der Waals surface area contributed by atoms with Crippen LogP contribution in [0.15, 0.2) is 152 Å². The molecule has 4 aromatic carbocycles. The summed E-state index contributed by atoms with van der Waals surface area (Å²) in [6, 6.07) is 31.7. The average molecular weight is 668 g/mol. The summed E-state index contributed by atoms with van der Waals surface area (Å²) in [4.78, 5) is 0. The standard InChI is InChI=1S/C50H53N/c1-6-9-13-25-40-34-50(41-27-16-12-17-28-41,33-21-26-38(22-10-7-2)36(4)8-3)48-46(40)42-29-18-19-30-43(42)47-44-31-20-32-45(44)51(49(47)48)35-37(5)39-23-14-11-15-24-39/h6-7,9,11-25,27-30,32-33,36-37,40H,2,8,10,26,31,34-35H2,1,3-5H3/b9-6-,25-13-,33-21+,38-22+. The van der Waals surface area contributed by atoms with Gasteiger partial charge in [0.15, 0.2) is 0 Å². The van der Waals surface area contributed by atoms with Crippen LogP contribution >= 0.6 is 0 Å². The largest absolute Gasteiger partial charge is 0.340 e. The second-order valence-electron chi connectivity index (χ2n) is 14.7. The lowest BCUT2D eigenvalue weighted by molar-refractivity contribution is 0.588. The fourth-order valence-corrected chi connectivity index (χ4v) is 8.96. The minimum atomic E-state index is -0.299. The lowest BCUT2D eigenvalue weighted by Crippen LogP contribution is -2.24. The van der Waals surface area contributed by atoms with Crippen molar-refractivity contribution in [3.63, 3.8) is 0 Å². The van der Waals surface area contributed by atoms with E-state index in [1.54, 1.807) is 0 Å². The second kappa shape index (κ2) is 15.2. The molecular formula is C50H53N. The molecule has 2 aliphatic carbocycles. The molecule has 5 aromatic rings. The summed E-state index contributed by atoms with van der Waals surface area (Å²) in [5, 5.41) is 4.24. The van der Waals surface area contributed by atoms with Crippen LogP contribution in [0.2, 0.25) is 0 Å². The number of rotatable bonds is 13. The summed E-state index contributed by atoms with van der Waals surface area (Å²) in [5.41, 5.74) is 11.3. The molecule has 0 aliphatic heterocycles. The molecule has 0 bridgehead atoms. The van der Waals surface area contributed by atoms with E-state index in [0.717, 1.165) is 38.6 Å². The van der Waals surface area contributed by atoms with Crippen LogP contribution in [0.1, 0.15) is 98.7 Å². The number of hydrogen-bond acceptors (Lipinski definition) is 0. The molecule has 51 heavy (non-hydrogen) atoms. The minimum Gasteiger partial charge on any atom is -0.340 e. The zero-order chi connectivity index (χ0) is 35.4. The minimum absolute atomic E-state index is 0.265. The van der Waals surface area contributed by atoms with Crippen molar-refractivity contribution in [2.45, 2.75) is 83.6 Å². The van der Waals surface area contributed by atoms with Crippen LogP contribution in [0.25, 0.3) is 27.8 Å². The Morgan fingerprint density at radius 2 is 1.67 bits per heavy atom. The van der Waals surface area contributed by atoms with E-state index in [9.17, 15) is 0 Å². The maximum atomic E-state index is 4.02. The molecular weight excluding hydrogens is 615 g/mol. The Labute approximate surface area is 306 Å². The average Bonchev–Trinajstić information content (AvgIpc) is 3.86. The fourth-order valence-electron chi connectivity index (χ4n) is 8.96. The Kier molecular flexibility index (Phi) is 10.3. The smallest absolute Gasteiger partial charge is 0.0542 e. The molecule has 0 N–H and O–H groups in total. The molecule has 0 radical (unpaired) electrons. The van der Waals surface area contributed by atoms with Crippen molar-refractivity contribution in [2.75, 3.05) is 0 Å². The number of fused-ring (bicyclic) bond motifs is 8. The summed E-state index contributed by atoms with van der Waals surface area (Å²) in [6.07, 6.45) is 28.4. The van der Waals surface area contributed by atoms with Crippen molar-refractivity contribution < 1.29 is 0 Å². The van der Waals surface area contributed by atoms with Crippen LogP contribution in [0.4, 0.5) is 0 Å². The number of benzene rings is 4. The van der Waals surface area contributed by atoms with Crippen molar-refractivity contribution >= 4 is 27.8 Å². The van der Waals surface area contributed by atoms with Crippen molar-refractivity contribution in [2.24, 2.45) is 5.92 Å². The van der Waals surface area contributed by atoms with Gasteiger partial charge in [0, 0.05) is 29.0 Å². The van der Waals surface area contributed by atoms with Gasteiger partial charge in [-0.3, -0.25) is 0 Å². The van der Waals surface area contributed by atoms with Crippen LogP contribution in [0.3, 0.4) is 0 Å². The summed E-state index contributed by atoms with van der Waals surface area (Å²) in [6.45, 7) is 14.1. The molecule has 0 fully saturated rings. The Morgan fingerprint density at radius 1 is 0.941 bits per heavy atom. The second-order valence-corrected chi connectivity index (χ2v) is 14.7. The number of hydrogen-bond donors (Lipinski definition) is 0. The first-order chi connectivity index (χ1) is 25.0. The van der Waals surface area contributed by atoms with E-state index in [0.29, 0.717) is 11.8 Å². The molecule has 0 saturated heterocycles. The van der Waals surface area contributed by atoms with E-state index in [1.807, 2.05) is 6.08 Å². The molecule has 1 heteroatoms. The predicted octanol–water partition coefficient (Wildman–Crippen LogP) is 13.6. The van der Waals surface area contributed by atoms with Gasteiger partial charge < -0.3 is 4.57 Å². The third kappa shape index (κ3) is 6.33.